The highest BCUT2D eigenvalue weighted by Crippen LogP contribution is 2.19. The van der Waals surface area contributed by atoms with Gasteiger partial charge in [0.1, 0.15) is 0 Å². The van der Waals surface area contributed by atoms with E-state index in [0.717, 1.165) is 16.5 Å². The van der Waals surface area contributed by atoms with Crippen molar-refractivity contribution >= 4 is 16.8 Å². The lowest BCUT2D eigenvalue weighted by Gasteiger charge is -2.27. The maximum absolute atomic E-state index is 12.4. The molecular weight excluding hydrogens is 276 g/mol. The minimum absolute atomic E-state index is 0.0614. The summed E-state index contributed by atoms with van der Waals surface area (Å²) in [7, 11) is 0. The number of amides is 1. The SMILES string of the molecule is Cc1ccc2nc(C)c(C(=O)NCC(C)(O)C(C)C)cc2c1. The average Bonchev–Trinajstić information content (AvgIpc) is 2.44. The number of rotatable bonds is 4. The Morgan fingerprint density at radius 2 is 2.00 bits per heavy atom. The van der Waals surface area contributed by atoms with Crippen LogP contribution >= 0.6 is 0 Å². The van der Waals surface area contributed by atoms with E-state index >= 15 is 0 Å². The maximum Gasteiger partial charge on any atom is 0.253 e. The molecule has 2 aromatic rings. The van der Waals surface area contributed by atoms with Crippen molar-refractivity contribution in [1.29, 1.82) is 0 Å². The molecule has 2 rings (SSSR count). The smallest absolute Gasteiger partial charge is 0.253 e. The van der Waals surface area contributed by atoms with E-state index in [0.29, 0.717) is 11.3 Å². The maximum atomic E-state index is 12.4. The van der Waals surface area contributed by atoms with Gasteiger partial charge in [-0.2, -0.15) is 0 Å². The molecule has 1 aromatic carbocycles. The van der Waals surface area contributed by atoms with E-state index in [4.69, 9.17) is 0 Å². The number of aryl methyl sites for hydroxylation is 2. The van der Waals surface area contributed by atoms with Gasteiger partial charge in [-0.25, -0.2) is 0 Å². The van der Waals surface area contributed by atoms with Gasteiger partial charge in [-0.15, -0.1) is 0 Å². The molecule has 22 heavy (non-hydrogen) atoms. The van der Waals surface area contributed by atoms with Crippen LogP contribution in [-0.2, 0) is 0 Å². The molecule has 0 aliphatic rings. The van der Waals surface area contributed by atoms with Crippen molar-refractivity contribution in [1.82, 2.24) is 10.3 Å². The monoisotopic (exact) mass is 300 g/mol. The molecule has 0 aliphatic carbocycles. The second kappa shape index (κ2) is 6.05. The van der Waals surface area contributed by atoms with Crippen LogP contribution in [0.3, 0.4) is 0 Å². The summed E-state index contributed by atoms with van der Waals surface area (Å²) in [4.78, 5) is 16.9. The van der Waals surface area contributed by atoms with E-state index in [1.165, 1.54) is 0 Å². The van der Waals surface area contributed by atoms with E-state index in [9.17, 15) is 9.90 Å². The summed E-state index contributed by atoms with van der Waals surface area (Å²) < 4.78 is 0. The highest BCUT2D eigenvalue weighted by molar-refractivity contribution is 5.98. The molecule has 0 saturated heterocycles. The number of hydrogen-bond acceptors (Lipinski definition) is 3. The van der Waals surface area contributed by atoms with Crippen LogP contribution in [0.2, 0.25) is 0 Å². The largest absolute Gasteiger partial charge is 0.388 e. The molecular formula is C18H24N2O2. The molecule has 4 heteroatoms. The number of hydrogen-bond donors (Lipinski definition) is 2. The topological polar surface area (TPSA) is 62.2 Å². The quantitative estimate of drug-likeness (QED) is 0.912. The Bertz CT molecular complexity index is 706. The molecule has 4 nitrogen and oxygen atoms in total. The molecule has 1 atom stereocenters. The van der Waals surface area contributed by atoms with Crippen LogP contribution in [0.25, 0.3) is 10.9 Å². The van der Waals surface area contributed by atoms with E-state index in [-0.39, 0.29) is 18.4 Å². The lowest BCUT2D eigenvalue weighted by molar-refractivity contribution is 0.0142. The van der Waals surface area contributed by atoms with Crippen LogP contribution in [0.15, 0.2) is 24.3 Å². The molecule has 2 N–H and O–H groups in total. The summed E-state index contributed by atoms with van der Waals surface area (Å²) in [5.74, 6) is -0.138. The molecule has 118 valence electrons. The number of carbonyl (C=O) groups excluding carboxylic acids is 1. The Morgan fingerprint density at radius 1 is 1.32 bits per heavy atom. The number of aromatic nitrogens is 1. The average molecular weight is 300 g/mol. The first-order valence-corrected chi connectivity index (χ1v) is 7.59. The lowest BCUT2D eigenvalue weighted by atomic mass is 9.92. The van der Waals surface area contributed by atoms with Gasteiger partial charge >= 0.3 is 0 Å². The van der Waals surface area contributed by atoms with Crippen molar-refractivity contribution in [3.05, 3.63) is 41.1 Å². The molecule has 0 spiro atoms. The number of benzene rings is 1. The number of fused-ring (bicyclic) bond motifs is 1. The first kappa shape index (κ1) is 16.4. The van der Waals surface area contributed by atoms with Crippen LogP contribution in [0.1, 0.15) is 42.4 Å². The first-order valence-electron chi connectivity index (χ1n) is 7.59. The van der Waals surface area contributed by atoms with E-state index < -0.39 is 5.60 Å². The van der Waals surface area contributed by atoms with Gasteiger partial charge in [0.05, 0.1) is 22.4 Å². The molecule has 0 radical (unpaired) electrons. The number of pyridine rings is 1. The Balaban J connectivity index is 2.26. The molecule has 0 saturated carbocycles. The van der Waals surface area contributed by atoms with Crippen LogP contribution in [-0.4, -0.2) is 28.1 Å². The Hall–Kier alpha value is -1.94. The van der Waals surface area contributed by atoms with Crippen LogP contribution in [0.4, 0.5) is 0 Å². The fourth-order valence-corrected chi connectivity index (χ4v) is 2.18. The summed E-state index contributed by atoms with van der Waals surface area (Å²) in [6.45, 7) is 9.64. The molecule has 1 heterocycles. The Labute approximate surface area is 131 Å². The first-order chi connectivity index (χ1) is 10.2. The van der Waals surface area contributed by atoms with Crippen molar-refractivity contribution in [2.45, 2.75) is 40.2 Å². The third-order valence-electron chi connectivity index (χ3n) is 4.26. The minimum Gasteiger partial charge on any atom is -0.388 e. The Kier molecular flexibility index (Phi) is 4.52. The van der Waals surface area contributed by atoms with Gasteiger partial charge in [0.25, 0.3) is 5.91 Å². The predicted octanol–water partition coefficient (Wildman–Crippen LogP) is 2.99. The van der Waals surface area contributed by atoms with E-state index in [2.05, 4.69) is 10.3 Å². The normalized spacial score (nSPS) is 14.1. The fourth-order valence-electron chi connectivity index (χ4n) is 2.18. The van der Waals surface area contributed by atoms with Crippen molar-refractivity contribution < 1.29 is 9.90 Å². The fraction of sp³-hybridized carbons (Fsp3) is 0.444. The lowest BCUT2D eigenvalue weighted by Crippen LogP contribution is -2.44. The molecule has 1 amide bonds. The van der Waals surface area contributed by atoms with Gasteiger partial charge in [-0.05, 0) is 44.9 Å². The van der Waals surface area contributed by atoms with Crippen molar-refractivity contribution in [3.8, 4) is 0 Å². The highest BCUT2D eigenvalue weighted by atomic mass is 16.3. The molecule has 1 unspecified atom stereocenters. The standard InChI is InChI=1S/C18H24N2O2/c1-11(2)18(5,22)10-19-17(21)15-9-14-8-12(3)6-7-16(14)20-13(15)4/h6-9,11,22H,10H2,1-5H3,(H,19,21). The van der Waals surface area contributed by atoms with Gasteiger partial charge in [0, 0.05) is 11.9 Å². The molecule has 0 fully saturated rings. The highest BCUT2D eigenvalue weighted by Gasteiger charge is 2.26. The number of nitrogens with zero attached hydrogens (tertiary/aromatic N) is 1. The minimum atomic E-state index is -0.926. The van der Waals surface area contributed by atoms with Gasteiger partial charge in [0.15, 0.2) is 0 Å². The van der Waals surface area contributed by atoms with Crippen LogP contribution < -0.4 is 5.32 Å². The molecule has 0 aliphatic heterocycles. The summed E-state index contributed by atoms with van der Waals surface area (Å²) in [5.41, 5.74) is 2.33. The number of carbonyl (C=O) groups is 1. The summed E-state index contributed by atoms with van der Waals surface area (Å²) in [6, 6.07) is 7.85. The van der Waals surface area contributed by atoms with Crippen molar-refractivity contribution in [2.24, 2.45) is 5.92 Å². The Morgan fingerprint density at radius 3 is 2.64 bits per heavy atom. The number of nitrogens with one attached hydrogen (secondary N) is 1. The van der Waals surface area contributed by atoms with Gasteiger partial charge in [-0.3, -0.25) is 9.78 Å². The zero-order chi connectivity index (χ0) is 16.5. The molecule has 0 bridgehead atoms. The summed E-state index contributed by atoms with van der Waals surface area (Å²) >= 11 is 0. The van der Waals surface area contributed by atoms with Crippen molar-refractivity contribution in [3.63, 3.8) is 0 Å². The molecule has 1 aromatic heterocycles. The van der Waals surface area contributed by atoms with E-state index in [1.54, 1.807) is 6.92 Å². The zero-order valence-electron chi connectivity index (χ0n) is 13.9. The predicted molar refractivity (Wildman–Crippen MR) is 89.0 cm³/mol. The van der Waals surface area contributed by atoms with Crippen LogP contribution in [0.5, 0.6) is 0 Å². The van der Waals surface area contributed by atoms with Gasteiger partial charge in [0.2, 0.25) is 0 Å². The van der Waals surface area contributed by atoms with Gasteiger partial charge in [-0.1, -0.05) is 25.5 Å². The second-order valence-corrected chi connectivity index (χ2v) is 6.51. The summed E-state index contributed by atoms with van der Waals surface area (Å²) in [6.07, 6.45) is 0. The van der Waals surface area contributed by atoms with Crippen LogP contribution in [0, 0.1) is 19.8 Å². The van der Waals surface area contributed by atoms with E-state index in [1.807, 2.05) is 52.0 Å². The van der Waals surface area contributed by atoms with Crippen molar-refractivity contribution in [2.75, 3.05) is 6.54 Å². The zero-order valence-corrected chi connectivity index (χ0v) is 13.9. The van der Waals surface area contributed by atoms with Gasteiger partial charge < -0.3 is 10.4 Å². The second-order valence-electron chi connectivity index (χ2n) is 6.51. The summed E-state index contributed by atoms with van der Waals surface area (Å²) in [5, 5.41) is 14.0. The third-order valence-corrected chi connectivity index (χ3v) is 4.26. The third kappa shape index (κ3) is 3.45. The number of aliphatic hydroxyl groups is 1.